The number of carbonyl (C=O) groups is 3. The van der Waals surface area contributed by atoms with Gasteiger partial charge < -0.3 is 15.0 Å². The normalized spacial score (nSPS) is 10.5. The first-order chi connectivity index (χ1) is 11.7. The van der Waals surface area contributed by atoms with E-state index >= 15 is 0 Å². The fourth-order valence-electron chi connectivity index (χ4n) is 1.99. The summed E-state index contributed by atoms with van der Waals surface area (Å²) in [5.74, 6) is -0.727. The molecule has 1 N–H and O–H groups in total. The van der Waals surface area contributed by atoms with Crippen LogP contribution in [-0.4, -0.2) is 42.9 Å². The highest BCUT2D eigenvalue weighted by molar-refractivity contribution is 9.10. The quantitative estimate of drug-likeness (QED) is 0.665. The molecule has 0 saturated heterocycles. The van der Waals surface area contributed by atoms with E-state index in [1.807, 2.05) is 32.9 Å². The van der Waals surface area contributed by atoms with Gasteiger partial charge in [0.05, 0.1) is 6.54 Å². The first kappa shape index (κ1) is 21.2. The standard InChI is InChI=1S/C18H25BrN2O4/c1-12(2)5-8-18(24)25-11-17(23)21(4)10-16(22)20-15-7-6-14(19)9-13(15)3/h6-7,9,12H,5,8,10-11H2,1-4H3,(H,20,22). The number of rotatable bonds is 8. The third-order valence-corrected chi connectivity index (χ3v) is 4.04. The van der Waals surface area contributed by atoms with E-state index in [1.54, 1.807) is 6.07 Å². The lowest BCUT2D eigenvalue weighted by Gasteiger charge is -2.17. The third-order valence-electron chi connectivity index (χ3n) is 3.55. The van der Waals surface area contributed by atoms with Crippen LogP contribution in [0.1, 0.15) is 32.3 Å². The van der Waals surface area contributed by atoms with E-state index < -0.39 is 11.9 Å². The van der Waals surface area contributed by atoms with Crippen LogP contribution in [0.4, 0.5) is 5.69 Å². The number of esters is 1. The predicted molar refractivity (Wildman–Crippen MR) is 100 cm³/mol. The van der Waals surface area contributed by atoms with E-state index in [-0.39, 0.29) is 25.5 Å². The maximum absolute atomic E-state index is 12.1. The Hall–Kier alpha value is -1.89. The summed E-state index contributed by atoms with van der Waals surface area (Å²) in [5, 5.41) is 2.76. The van der Waals surface area contributed by atoms with Gasteiger partial charge in [-0.1, -0.05) is 29.8 Å². The van der Waals surface area contributed by atoms with Gasteiger partial charge >= 0.3 is 5.97 Å². The van der Waals surface area contributed by atoms with Crippen LogP contribution in [0.5, 0.6) is 0 Å². The van der Waals surface area contributed by atoms with Crippen molar-refractivity contribution in [2.45, 2.75) is 33.6 Å². The van der Waals surface area contributed by atoms with E-state index in [9.17, 15) is 14.4 Å². The molecule has 0 unspecified atom stereocenters. The molecule has 0 radical (unpaired) electrons. The first-order valence-corrected chi connectivity index (χ1v) is 8.94. The molecule has 0 fully saturated rings. The van der Waals surface area contributed by atoms with Crippen LogP contribution in [0, 0.1) is 12.8 Å². The van der Waals surface area contributed by atoms with Gasteiger partial charge in [0.2, 0.25) is 5.91 Å². The minimum Gasteiger partial charge on any atom is -0.456 e. The molecule has 0 spiro atoms. The Labute approximate surface area is 157 Å². The predicted octanol–water partition coefficient (Wildman–Crippen LogP) is 3.13. The molecule has 0 atom stereocenters. The second-order valence-electron chi connectivity index (χ2n) is 6.35. The SMILES string of the molecule is Cc1cc(Br)ccc1NC(=O)CN(C)C(=O)COC(=O)CCC(C)C. The lowest BCUT2D eigenvalue weighted by molar-refractivity contribution is -0.152. The minimum absolute atomic E-state index is 0.113. The van der Waals surface area contributed by atoms with Crippen LogP contribution in [-0.2, 0) is 19.1 Å². The van der Waals surface area contributed by atoms with Gasteiger partial charge in [0.25, 0.3) is 5.91 Å². The molecule has 0 heterocycles. The zero-order valence-corrected chi connectivity index (χ0v) is 16.7. The van der Waals surface area contributed by atoms with E-state index in [2.05, 4.69) is 21.2 Å². The molecule has 0 aliphatic heterocycles. The second kappa shape index (κ2) is 10.2. The summed E-state index contributed by atoms with van der Waals surface area (Å²) in [6.45, 7) is 5.44. The molecule has 1 aromatic carbocycles. The third kappa shape index (κ3) is 8.16. The van der Waals surface area contributed by atoms with Crippen LogP contribution in [0.25, 0.3) is 0 Å². The molecule has 6 nitrogen and oxygen atoms in total. The number of ether oxygens (including phenoxy) is 1. The summed E-state index contributed by atoms with van der Waals surface area (Å²) in [4.78, 5) is 36.8. The average molecular weight is 413 g/mol. The number of amides is 2. The number of nitrogens with one attached hydrogen (secondary N) is 1. The van der Waals surface area contributed by atoms with Crippen molar-refractivity contribution >= 4 is 39.4 Å². The second-order valence-corrected chi connectivity index (χ2v) is 7.27. The Morgan fingerprint density at radius 1 is 1.28 bits per heavy atom. The highest BCUT2D eigenvalue weighted by atomic mass is 79.9. The summed E-state index contributed by atoms with van der Waals surface area (Å²) < 4.78 is 5.87. The highest BCUT2D eigenvalue weighted by Crippen LogP contribution is 2.19. The Kier molecular flexibility index (Phi) is 8.61. The topological polar surface area (TPSA) is 75.7 Å². The van der Waals surface area contributed by atoms with Gasteiger partial charge in [-0.2, -0.15) is 0 Å². The van der Waals surface area contributed by atoms with Crippen molar-refractivity contribution in [3.05, 3.63) is 28.2 Å². The van der Waals surface area contributed by atoms with Gasteiger partial charge in [0.15, 0.2) is 6.61 Å². The summed E-state index contributed by atoms with van der Waals surface area (Å²) in [5.41, 5.74) is 1.60. The Balaban J connectivity index is 2.41. The molecule has 0 aromatic heterocycles. The molecule has 138 valence electrons. The van der Waals surface area contributed by atoms with Crippen LogP contribution >= 0.6 is 15.9 Å². The van der Waals surface area contributed by atoms with Crippen LogP contribution in [0.2, 0.25) is 0 Å². The molecule has 0 aliphatic carbocycles. The summed E-state index contributed by atoms with van der Waals surface area (Å²) in [7, 11) is 1.50. The van der Waals surface area contributed by atoms with Crippen molar-refractivity contribution in [3.63, 3.8) is 0 Å². The maximum Gasteiger partial charge on any atom is 0.306 e. The monoisotopic (exact) mass is 412 g/mol. The van der Waals surface area contributed by atoms with Crippen LogP contribution in [0.15, 0.2) is 22.7 Å². The maximum atomic E-state index is 12.1. The molecule has 25 heavy (non-hydrogen) atoms. The number of carbonyl (C=O) groups excluding carboxylic acids is 3. The molecule has 0 aliphatic rings. The molecule has 1 rings (SSSR count). The van der Waals surface area contributed by atoms with Gasteiger partial charge in [-0.15, -0.1) is 0 Å². The number of hydrogen-bond acceptors (Lipinski definition) is 4. The highest BCUT2D eigenvalue weighted by Gasteiger charge is 2.16. The smallest absolute Gasteiger partial charge is 0.306 e. The lowest BCUT2D eigenvalue weighted by atomic mass is 10.1. The van der Waals surface area contributed by atoms with Gasteiger partial charge in [-0.25, -0.2) is 0 Å². The van der Waals surface area contributed by atoms with Crippen LogP contribution in [0.3, 0.4) is 0 Å². The van der Waals surface area contributed by atoms with Crippen molar-refractivity contribution < 1.29 is 19.1 Å². The van der Waals surface area contributed by atoms with Crippen LogP contribution < -0.4 is 5.32 Å². The number of nitrogens with zero attached hydrogens (tertiary/aromatic N) is 1. The van der Waals surface area contributed by atoms with Crippen molar-refractivity contribution in [1.82, 2.24) is 4.90 Å². The van der Waals surface area contributed by atoms with E-state index in [0.29, 0.717) is 11.6 Å². The zero-order chi connectivity index (χ0) is 19.0. The molecule has 1 aromatic rings. The molecule has 0 saturated carbocycles. The molecule has 2 amide bonds. The van der Waals surface area contributed by atoms with E-state index in [4.69, 9.17) is 4.74 Å². The summed E-state index contributed by atoms with van der Waals surface area (Å²) in [6.07, 6.45) is 1.01. The largest absolute Gasteiger partial charge is 0.456 e. The molecular weight excluding hydrogens is 388 g/mol. The van der Waals surface area contributed by atoms with Crippen molar-refractivity contribution in [1.29, 1.82) is 0 Å². The van der Waals surface area contributed by atoms with Crippen molar-refractivity contribution in [3.8, 4) is 0 Å². The Bertz CT molecular complexity index is 632. The Morgan fingerprint density at radius 2 is 1.96 bits per heavy atom. The number of hydrogen-bond donors (Lipinski definition) is 1. The van der Waals surface area contributed by atoms with Gasteiger partial charge in [0.1, 0.15) is 0 Å². The molecule has 7 heteroatoms. The zero-order valence-electron chi connectivity index (χ0n) is 15.1. The van der Waals surface area contributed by atoms with E-state index in [0.717, 1.165) is 16.5 Å². The summed E-state index contributed by atoms with van der Waals surface area (Å²) >= 11 is 3.36. The Morgan fingerprint density at radius 3 is 2.56 bits per heavy atom. The van der Waals surface area contributed by atoms with Gasteiger partial charge in [-0.05, 0) is 43.0 Å². The fraction of sp³-hybridized carbons (Fsp3) is 0.500. The number of aryl methyl sites for hydroxylation is 1. The fourth-order valence-corrected chi connectivity index (χ4v) is 2.47. The van der Waals surface area contributed by atoms with Gasteiger partial charge in [0, 0.05) is 23.6 Å². The molecular formula is C18H25BrN2O4. The summed E-state index contributed by atoms with van der Waals surface area (Å²) in [6, 6.07) is 5.50. The minimum atomic E-state index is -0.416. The van der Waals surface area contributed by atoms with Crippen molar-refractivity contribution in [2.24, 2.45) is 5.92 Å². The van der Waals surface area contributed by atoms with Gasteiger partial charge in [-0.3, -0.25) is 14.4 Å². The van der Waals surface area contributed by atoms with E-state index in [1.165, 1.54) is 11.9 Å². The van der Waals surface area contributed by atoms with Crippen molar-refractivity contribution in [2.75, 3.05) is 25.5 Å². The number of benzene rings is 1. The number of halogens is 1. The number of likely N-dealkylation sites (N-methyl/N-ethyl adjacent to an activating group) is 1. The first-order valence-electron chi connectivity index (χ1n) is 8.14. The molecule has 0 bridgehead atoms. The lowest BCUT2D eigenvalue weighted by Crippen LogP contribution is -2.37. The number of anilines is 1. The average Bonchev–Trinajstić information content (AvgIpc) is 2.53.